The van der Waals surface area contributed by atoms with Crippen molar-refractivity contribution < 1.29 is 8.42 Å². The lowest BCUT2D eigenvalue weighted by molar-refractivity contribution is 0.320. The Hall–Kier alpha value is -0.620. The molecule has 0 radical (unpaired) electrons. The molecule has 0 saturated carbocycles. The molecule has 106 valence electrons. The molecule has 6 heteroatoms. The molecule has 0 amide bonds. The van der Waals surface area contributed by atoms with Gasteiger partial charge in [-0.05, 0) is 50.9 Å². The summed E-state index contributed by atoms with van der Waals surface area (Å²) < 4.78 is 27.3. The van der Waals surface area contributed by atoms with Crippen molar-refractivity contribution in [3.63, 3.8) is 0 Å². The molecular weight excluding hydrogens is 284 g/mol. The van der Waals surface area contributed by atoms with E-state index in [0.717, 1.165) is 25.9 Å². The van der Waals surface area contributed by atoms with Crippen molar-refractivity contribution in [3.8, 4) is 0 Å². The largest absolute Gasteiger partial charge is 0.316 e. The molecule has 2 unspecified atom stereocenters. The molecule has 1 aliphatic rings. The van der Waals surface area contributed by atoms with Crippen molar-refractivity contribution in [2.24, 2.45) is 5.92 Å². The molecule has 1 saturated heterocycles. The minimum Gasteiger partial charge on any atom is -0.316 e. The maximum absolute atomic E-state index is 12.3. The summed E-state index contributed by atoms with van der Waals surface area (Å²) in [5.74, 6) is 0.325. The number of rotatable bonds is 4. The highest BCUT2D eigenvalue weighted by molar-refractivity contribution is 7.89. The summed E-state index contributed by atoms with van der Waals surface area (Å²) in [5, 5.41) is 3.55. The number of sulfonamides is 1. The second-order valence-electron chi connectivity index (χ2n) is 4.95. The summed E-state index contributed by atoms with van der Waals surface area (Å²) in [7, 11) is -3.55. The molecule has 2 N–H and O–H groups in total. The predicted octanol–water partition coefficient (Wildman–Crippen LogP) is 2.01. The van der Waals surface area contributed by atoms with Gasteiger partial charge in [-0.2, -0.15) is 0 Å². The first-order valence-corrected chi connectivity index (χ1v) is 8.34. The standard InChI is InChI=1S/C13H19ClN2O2S/c1-10(11-5-4-8-15-9-11)16-19(17,18)13-7-3-2-6-12(13)14/h2-3,6-7,10-11,15-16H,4-5,8-9H2,1H3. The van der Waals surface area contributed by atoms with Gasteiger partial charge in [-0.15, -0.1) is 0 Å². The first-order valence-electron chi connectivity index (χ1n) is 6.48. The van der Waals surface area contributed by atoms with E-state index in [1.807, 2.05) is 6.92 Å². The van der Waals surface area contributed by atoms with Crippen molar-refractivity contribution in [1.82, 2.24) is 10.0 Å². The van der Waals surface area contributed by atoms with Crippen LogP contribution in [0.3, 0.4) is 0 Å². The van der Waals surface area contributed by atoms with E-state index in [1.54, 1.807) is 18.2 Å². The van der Waals surface area contributed by atoms with Gasteiger partial charge in [0.2, 0.25) is 10.0 Å². The van der Waals surface area contributed by atoms with E-state index in [4.69, 9.17) is 11.6 Å². The summed E-state index contributed by atoms with van der Waals surface area (Å²) in [6.07, 6.45) is 2.13. The van der Waals surface area contributed by atoms with Gasteiger partial charge in [0.05, 0.1) is 5.02 Å². The number of hydrogen-bond acceptors (Lipinski definition) is 3. The molecule has 0 aromatic heterocycles. The van der Waals surface area contributed by atoms with E-state index in [0.29, 0.717) is 5.92 Å². The molecule has 0 aliphatic carbocycles. The maximum Gasteiger partial charge on any atom is 0.242 e. The summed E-state index contributed by atoms with van der Waals surface area (Å²) >= 11 is 5.95. The predicted molar refractivity (Wildman–Crippen MR) is 76.8 cm³/mol. The molecule has 4 nitrogen and oxygen atoms in total. The lowest BCUT2D eigenvalue weighted by Gasteiger charge is -2.28. The molecular formula is C13H19ClN2O2S. The molecule has 1 aromatic carbocycles. The monoisotopic (exact) mass is 302 g/mol. The lowest BCUT2D eigenvalue weighted by Crippen LogP contribution is -2.44. The van der Waals surface area contributed by atoms with Crippen LogP contribution in [0.4, 0.5) is 0 Å². The Bertz CT molecular complexity index is 527. The topological polar surface area (TPSA) is 58.2 Å². The fraction of sp³-hybridized carbons (Fsp3) is 0.538. The average molecular weight is 303 g/mol. The molecule has 1 aromatic rings. The van der Waals surface area contributed by atoms with Crippen LogP contribution in [0.1, 0.15) is 19.8 Å². The highest BCUT2D eigenvalue weighted by Crippen LogP contribution is 2.22. The molecule has 1 fully saturated rings. The van der Waals surface area contributed by atoms with E-state index in [2.05, 4.69) is 10.0 Å². The van der Waals surface area contributed by atoms with Gasteiger partial charge >= 0.3 is 0 Å². The van der Waals surface area contributed by atoms with Gasteiger partial charge < -0.3 is 5.32 Å². The number of halogens is 1. The first kappa shape index (κ1) is 14.8. The smallest absolute Gasteiger partial charge is 0.242 e. The normalized spacial score (nSPS) is 22.1. The van der Waals surface area contributed by atoms with Crippen LogP contribution in [-0.4, -0.2) is 27.5 Å². The third-order valence-corrected chi connectivity index (χ3v) is 5.57. The third kappa shape index (κ3) is 3.69. The zero-order valence-corrected chi connectivity index (χ0v) is 12.5. The van der Waals surface area contributed by atoms with Crippen LogP contribution in [0.15, 0.2) is 29.2 Å². The average Bonchev–Trinajstić information content (AvgIpc) is 2.39. The Labute approximate surface area is 119 Å². The van der Waals surface area contributed by atoms with Crippen LogP contribution in [0.5, 0.6) is 0 Å². The SMILES string of the molecule is CC(NS(=O)(=O)c1ccccc1Cl)C1CCCNC1. The molecule has 2 atom stereocenters. The minimum atomic E-state index is -3.55. The Morgan fingerprint density at radius 3 is 2.79 bits per heavy atom. The van der Waals surface area contributed by atoms with Gasteiger partial charge in [-0.25, -0.2) is 13.1 Å². The van der Waals surface area contributed by atoms with Gasteiger partial charge in [-0.1, -0.05) is 23.7 Å². The highest BCUT2D eigenvalue weighted by Gasteiger charge is 2.26. The van der Waals surface area contributed by atoms with Gasteiger partial charge in [-0.3, -0.25) is 0 Å². The first-order chi connectivity index (χ1) is 9.00. The van der Waals surface area contributed by atoms with Crippen LogP contribution in [0, 0.1) is 5.92 Å². The molecule has 1 aliphatic heterocycles. The van der Waals surface area contributed by atoms with Crippen LogP contribution in [0.2, 0.25) is 5.02 Å². The molecule has 19 heavy (non-hydrogen) atoms. The Morgan fingerprint density at radius 2 is 2.16 bits per heavy atom. The second-order valence-corrected chi connectivity index (χ2v) is 7.04. The van der Waals surface area contributed by atoms with Gasteiger partial charge in [0.15, 0.2) is 0 Å². The van der Waals surface area contributed by atoms with Crippen molar-refractivity contribution >= 4 is 21.6 Å². The summed E-state index contributed by atoms with van der Waals surface area (Å²) in [6, 6.07) is 6.40. The molecule has 2 rings (SSSR count). The van der Waals surface area contributed by atoms with Crippen molar-refractivity contribution in [3.05, 3.63) is 29.3 Å². The van der Waals surface area contributed by atoms with Gasteiger partial charge in [0.1, 0.15) is 4.90 Å². The quantitative estimate of drug-likeness (QED) is 0.894. The highest BCUT2D eigenvalue weighted by atomic mass is 35.5. The second kappa shape index (κ2) is 6.22. The molecule has 1 heterocycles. The van der Waals surface area contributed by atoms with Crippen LogP contribution in [-0.2, 0) is 10.0 Å². The maximum atomic E-state index is 12.3. The third-order valence-electron chi connectivity index (χ3n) is 3.51. The summed E-state index contributed by atoms with van der Waals surface area (Å²) in [5.41, 5.74) is 0. The van der Waals surface area contributed by atoms with E-state index >= 15 is 0 Å². The Balaban J connectivity index is 2.11. The zero-order valence-electron chi connectivity index (χ0n) is 10.9. The fourth-order valence-electron chi connectivity index (χ4n) is 2.37. The number of hydrogen-bond donors (Lipinski definition) is 2. The number of benzene rings is 1. The minimum absolute atomic E-state index is 0.103. The van der Waals surface area contributed by atoms with Crippen molar-refractivity contribution in [2.45, 2.75) is 30.7 Å². The summed E-state index contributed by atoms with van der Waals surface area (Å²) in [4.78, 5) is 0.146. The number of nitrogens with one attached hydrogen (secondary N) is 2. The van der Waals surface area contributed by atoms with Crippen molar-refractivity contribution in [2.75, 3.05) is 13.1 Å². The Kier molecular flexibility index (Phi) is 4.84. The summed E-state index contributed by atoms with van der Waals surface area (Å²) in [6.45, 7) is 3.78. The molecule has 0 spiro atoms. The van der Waals surface area contributed by atoms with E-state index in [1.165, 1.54) is 6.07 Å². The van der Waals surface area contributed by atoms with Crippen molar-refractivity contribution in [1.29, 1.82) is 0 Å². The van der Waals surface area contributed by atoms with Crippen LogP contribution < -0.4 is 10.0 Å². The van der Waals surface area contributed by atoms with Crippen LogP contribution in [0.25, 0.3) is 0 Å². The fourth-order valence-corrected chi connectivity index (χ4v) is 4.20. The van der Waals surface area contributed by atoms with Crippen LogP contribution >= 0.6 is 11.6 Å². The zero-order chi connectivity index (χ0) is 13.9. The van der Waals surface area contributed by atoms with Gasteiger partial charge in [0, 0.05) is 6.04 Å². The Morgan fingerprint density at radius 1 is 1.42 bits per heavy atom. The number of piperidine rings is 1. The molecule has 0 bridgehead atoms. The van der Waals surface area contributed by atoms with E-state index < -0.39 is 10.0 Å². The van der Waals surface area contributed by atoms with E-state index in [-0.39, 0.29) is 16.0 Å². The van der Waals surface area contributed by atoms with Gasteiger partial charge in [0.25, 0.3) is 0 Å². The van der Waals surface area contributed by atoms with E-state index in [9.17, 15) is 8.42 Å². The lowest BCUT2D eigenvalue weighted by atomic mass is 9.94.